The molecule has 0 saturated carbocycles. The lowest BCUT2D eigenvalue weighted by Crippen LogP contribution is -2.39. The zero-order valence-electron chi connectivity index (χ0n) is 15.0. The minimum Gasteiger partial charge on any atom is -0.494 e. The van der Waals surface area contributed by atoms with Crippen LogP contribution in [0.4, 0.5) is 5.82 Å². The molecule has 0 aliphatic heterocycles. The largest absolute Gasteiger partial charge is 0.494 e. The van der Waals surface area contributed by atoms with Gasteiger partial charge in [0.2, 0.25) is 0 Å². The summed E-state index contributed by atoms with van der Waals surface area (Å²) in [5.74, 6) is 1.33. The second kappa shape index (κ2) is 10.4. The van der Waals surface area contributed by atoms with Gasteiger partial charge in [0.05, 0.1) is 24.3 Å². The first kappa shape index (κ1) is 19.7. The van der Waals surface area contributed by atoms with Gasteiger partial charge in [-0.15, -0.1) is 0 Å². The van der Waals surface area contributed by atoms with Crippen molar-refractivity contribution in [3.63, 3.8) is 0 Å². The van der Waals surface area contributed by atoms with Gasteiger partial charge in [-0.3, -0.25) is 0 Å². The molecule has 0 fully saturated rings. The molecule has 0 aliphatic rings. The molecule has 2 aromatic rings. The Balaban J connectivity index is 1.95. The maximum Gasteiger partial charge on any atom is 0.166 e. The summed E-state index contributed by atoms with van der Waals surface area (Å²) in [6.07, 6.45) is 0. The number of nitriles is 1. The summed E-state index contributed by atoms with van der Waals surface area (Å²) in [5, 5.41) is 20.1. The van der Waals surface area contributed by atoms with Crippen molar-refractivity contribution < 1.29 is 9.47 Å². The Morgan fingerprint density at radius 2 is 2.04 bits per heavy atom. The van der Waals surface area contributed by atoms with Crippen molar-refractivity contribution in [1.29, 1.82) is 5.26 Å². The lowest BCUT2D eigenvalue weighted by Gasteiger charge is -2.12. The molecule has 7 nitrogen and oxygen atoms in total. The second-order valence-electron chi connectivity index (χ2n) is 5.39. The van der Waals surface area contributed by atoms with Crippen LogP contribution >= 0.6 is 12.2 Å². The molecular formula is C18H23N5O2S. The first-order chi connectivity index (χ1) is 12.7. The van der Waals surface area contributed by atoms with E-state index in [0.717, 1.165) is 16.7 Å². The lowest BCUT2D eigenvalue weighted by molar-refractivity contribution is 0.204. The summed E-state index contributed by atoms with van der Waals surface area (Å²) >= 11 is 5.16. The smallest absolute Gasteiger partial charge is 0.166 e. The third-order valence-electron chi connectivity index (χ3n) is 3.51. The van der Waals surface area contributed by atoms with Gasteiger partial charge in [-0.25, -0.2) is 4.98 Å². The number of pyridine rings is 1. The van der Waals surface area contributed by atoms with Crippen LogP contribution in [-0.4, -0.2) is 50.1 Å². The molecule has 26 heavy (non-hydrogen) atoms. The fourth-order valence-electron chi connectivity index (χ4n) is 2.32. The first-order valence-electron chi connectivity index (χ1n) is 8.40. The van der Waals surface area contributed by atoms with Crippen LogP contribution in [0.5, 0.6) is 5.75 Å². The Kier molecular flexibility index (Phi) is 7.86. The Labute approximate surface area is 158 Å². The zero-order valence-corrected chi connectivity index (χ0v) is 15.8. The number of nitrogens with zero attached hydrogens (tertiary/aromatic N) is 2. The number of benzene rings is 1. The van der Waals surface area contributed by atoms with Crippen LogP contribution in [0.3, 0.4) is 0 Å². The highest BCUT2D eigenvalue weighted by atomic mass is 32.1. The highest BCUT2D eigenvalue weighted by molar-refractivity contribution is 7.80. The Morgan fingerprint density at radius 3 is 2.77 bits per heavy atom. The molecule has 0 spiro atoms. The van der Waals surface area contributed by atoms with Crippen molar-refractivity contribution in [2.75, 3.05) is 45.3 Å². The number of hydrogen-bond acceptors (Lipinski definition) is 6. The predicted molar refractivity (Wildman–Crippen MR) is 107 cm³/mol. The summed E-state index contributed by atoms with van der Waals surface area (Å²) < 4.78 is 10.4. The number of aromatic nitrogens is 1. The fraction of sp³-hybridized carbons (Fsp3) is 0.389. The highest BCUT2D eigenvalue weighted by Crippen LogP contribution is 2.24. The zero-order chi connectivity index (χ0) is 18.8. The molecule has 138 valence electrons. The molecule has 0 radical (unpaired) electrons. The molecule has 8 heteroatoms. The summed E-state index contributed by atoms with van der Waals surface area (Å²) in [5.41, 5.74) is 1.30. The van der Waals surface area contributed by atoms with E-state index in [1.165, 1.54) is 0 Å². The van der Waals surface area contributed by atoms with Crippen LogP contribution < -0.4 is 20.7 Å². The minimum atomic E-state index is 0.493. The van der Waals surface area contributed by atoms with Gasteiger partial charge in [0.25, 0.3) is 0 Å². The van der Waals surface area contributed by atoms with Gasteiger partial charge in [0, 0.05) is 32.1 Å². The third kappa shape index (κ3) is 5.72. The van der Waals surface area contributed by atoms with Gasteiger partial charge >= 0.3 is 0 Å². The predicted octanol–water partition coefficient (Wildman–Crippen LogP) is 2.03. The molecule has 1 heterocycles. The maximum atomic E-state index is 9.40. The van der Waals surface area contributed by atoms with E-state index in [9.17, 15) is 5.26 Å². The Morgan fingerprint density at radius 1 is 1.23 bits per heavy atom. The number of hydrogen-bond donors (Lipinski definition) is 3. The SMILES string of the molecule is CCOc1ccc2nc(NCCNC(=S)NCCOC)c(C#N)cc2c1. The van der Waals surface area contributed by atoms with Crippen molar-refractivity contribution >= 4 is 34.1 Å². The van der Waals surface area contributed by atoms with Gasteiger partial charge in [0.15, 0.2) is 5.11 Å². The van der Waals surface area contributed by atoms with E-state index in [-0.39, 0.29) is 0 Å². The van der Waals surface area contributed by atoms with Crippen molar-refractivity contribution in [3.05, 3.63) is 29.8 Å². The molecule has 0 bridgehead atoms. The van der Waals surface area contributed by atoms with Crippen LogP contribution in [0, 0.1) is 11.3 Å². The summed E-state index contributed by atoms with van der Waals surface area (Å²) in [4.78, 5) is 4.54. The van der Waals surface area contributed by atoms with E-state index >= 15 is 0 Å². The summed E-state index contributed by atoms with van der Waals surface area (Å²) in [6.45, 7) is 4.97. The topological polar surface area (TPSA) is 91.2 Å². The quantitative estimate of drug-likeness (QED) is 0.454. The van der Waals surface area contributed by atoms with Crippen LogP contribution in [0.15, 0.2) is 24.3 Å². The molecule has 0 atom stereocenters. The average Bonchev–Trinajstić information content (AvgIpc) is 2.65. The highest BCUT2D eigenvalue weighted by Gasteiger charge is 2.07. The molecule has 1 aromatic heterocycles. The van der Waals surface area contributed by atoms with Crippen molar-refractivity contribution in [1.82, 2.24) is 15.6 Å². The van der Waals surface area contributed by atoms with Gasteiger partial charge in [0.1, 0.15) is 17.6 Å². The van der Waals surface area contributed by atoms with Crippen LogP contribution in [0.1, 0.15) is 12.5 Å². The Bertz CT molecular complexity index is 791. The minimum absolute atomic E-state index is 0.493. The van der Waals surface area contributed by atoms with E-state index in [4.69, 9.17) is 21.7 Å². The van der Waals surface area contributed by atoms with E-state index in [1.807, 2.05) is 31.2 Å². The number of ether oxygens (including phenoxy) is 2. The summed E-state index contributed by atoms with van der Waals surface area (Å²) in [7, 11) is 1.64. The summed E-state index contributed by atoms with van der Waals surface area (Å²) in [6, 6.07) is 9.66. The molecule has 2 rings (SSSR count). The molecular weight excluding hydrogens is 350 g/mol. The maximum absolute atomic E-state index is 9.40. The van der Waals surface area contributed by atoms with Gasteiger partial charge < -0.3 is 25.4 Å². The van der Waals surface area contributed by atoms with Crippen LogP contribution in [-0.2, 0) is 4.74 Å². The van der Waals surface area contributed by atoms with Crippen molar-refractivity contribution in [3.8, 4) is 11.8 Å². The number of methoxy groups -OCH3 is 1. The number of fused-ring (bicyclic) bond motifs is 1. The number of nitrogens with one attached hydrogen (secondary N) is 3. The molecule has 0 amide bonds. The second-order valence-corrected chi connectivity index (χ2v) is 5.79. The van der Waals surface area contributed by atoms with E-state index in [1.54, 1.807) is 7.11 Å². The Hall–Kier alpha value is -2.63. The van der Waals surface area contributed by atoms with E-state index < -0.39 is 0 Å². The monoisotopic (exact) mass is 373 g/mol. The fourth-order valence-corrected chi connectivity index (χ4v) is 2.52. The molecule has 0 saturated heterocycles. The van der Waals surface area contributed by atoms with E-state index in [0.29, 0.717) is 49.3 Å². The lowest BCUT2D eigenvalue weighted by atomic mass is 10.1. The average molecular weight is 373 g/mol. The van der Waals surface area contributed by atoms with Gasteiger partial charge in [-0.05, 0) is 43.4 Å². The first-order valence-corrected chi connectivity index (χ1v) is 8.81. The van der Waals surface area contributed by atoms with Gasteiger partial charge in [-0.2, -0.15) is 5.26 Å². The van der Waals surface area contributed by atoms with Crippen molar-refractivity contribution in [2.45, 2.75) is 6.92 Å². The molecule has 1 aromatic carbocycles. The standard InChI is InChI=1S/C18H23N5O2S/c1-3-25-15-4-5-16-13(11-15)10-14(12-19)17(23-16)20-6-7-21-18(26)22-8-9-24-2/h4-5,10-11H,3,6-9H2,1-2H3,(H,20,23)(H2,21,22,26). The molecule has 0 unspecified atom stereocenters. The van der Waals surface area contributed by atoms with Crippen molar-refractivity contribution in [2.24, 2.45) is 0 Å². The third-order valence-corrected chi connectivity index (χ3v) is 3.80. The van der Waals surface area contributed by atoms with E-state index in [2.05, 4.69) is 27.0 Å². The van der Waals surface area contributed by atoms with Gasteiger partial charge in [-0.1, -0.05) is 0 Å². The van der Waals surface area contributed by atoms with Crippen LogP contribution in [0.25, 0.3) is 10.9 Å². The molecule has 3 N–H and O–H groups in total. The number of rotatable bonds is 9. The molecule has 0 aliphatic carbocycles. The van der Waals surface area contributed by atoms with Crippen LogP contribution in [0.2, 0.25) is 0 Å². The number of anilines is 1. The number of thiocarbonyl (C=S) groups is 1. The normalized spacial score (nSPS) is 10.2.